The normalized spacial score (nSPS) is 20.5. The average molecular weight is 374 g/mol. The van der Waals surface area contributed by atoms with E-state index in [0.717, 1.165) is 0 Å². The summed E-state index contributed by atoms with van der Waals surface area (Å²) in [4.78, 5) is 0. The van der Waals surface area contributed by atoms with Gasteiger partial charge in [-0.25, -0.2) is 0 Å². The molecule has 2 atom stereocenters. The minimum atomic E-state index is 0.451. The maximum absolute atomic E-state index is 2.49. The monoisotopic (exact) mass is 374 g/mol. The highest BCUT2D eigenvalue weighted by Gasteiger charge is 2.45. The van der Waals surface area contributed by atoms with Gasteiger partial charge in [0.2, 0.25) is 0 Å². The zero-order chi connectivity index (χ0) is 18.9. The molecule has 2 unspecified atom stereocenters. The van der Waals surface area contributed by atoms with Gasteiger partial charge in [-0.05, 0) is 87.2 Å². The van der Waals surface area contributed by atoms with E-state index in [9.17, 15) is 0 Å². The van der Waals surface area contributed by atoms with Crippen LogP contribution in [0, 0.1) is 0 Å². The van der Waals surface area contributed by atoms with E-state index in [1.165, 1.54) is 59.6 Å². The fourth-order valence-electron chi connectivity index (χ4n) is 7.66. The summed E-state index contributed by atoms with van der Waals surface area (Å²) in [7, 11) is 0. The lowest BCUT2D eigenvalue weighted by Gasteiger charge is -2.35. The van der Waals surface area contributed by atoms with Gasteiger partial charge < -0.3 is 0 Å². The molecule has 0 aromatic heterocycles. The van der Waals surface area contributed by atoms with Crippen LogP contribution in [-0.2, 0) is 0 Å². The lowest BCUT2D eigenvalue weighted by atomic mass is 9.67. The van der Waals surface area contributed by atoms with Crippen LogP contribution in [0.1, 0.15) is 34.1 Å². The third-order valence-corrected chi connectivity index (χ3v) is 8.61. The summed E-state index contributed by atoms with van der Waals surface area (Å²) >= 11 is 0. The molecule has 0 amide bonds. The van der Waals surface area contributed by atoms with E-state index in [2.05, 4.69) is 72.8 Å². The van der Waals surface area contributed by atoms with Crippen molar-refractivity contribution >= 4 is 59.9 Å². The quantitative estimate of drug-likeness (QED) is 0.236. The van der Waals surface area contributed by atoms with Crippen LogP contribution in [0.2, 0.25) is 0 Å². The van der Waals surface area contributed by atoms with E-state index >= 15 is 0 Å². The molecule has 4 aliphatic rings. The van der Waals surface area contributed by atoms with Crippen molar-refractivity contribution in [3.8, 4) is 11.1 Å². The maximum atomic E-state index is 2.49. The highest BCUT2D eigenvalue weighted by Crippen LogP contribution is 2.66. The third-order valence-electron chi connectivity index (χ3n) is 8.61. The zero-order valence-corrected chi connectivity index (χ0v) is 16.1. The molecule has 0 N–H and O–H groups in total. The highest BCUT2D eigenvalue weighted by molar-refractivity contribution is 6.40. The number of hydrogen-bond donors (Lipinski definition) is 0. The molecule has 0 bridgehead atoms. The van der Waals surface area contributed by atoms with E-state index in [-0.39, 0.29) is 0 Å². The SMILES string of the molecule is C1=CC2c3ccc4ccc5ccc6c7ccc8ccc1c1c8c7c(c7c6c5c4c3-7)C12. The first-order valence-corrected chi connectivity index (χ1v) is 11.0. The summed E-state index contributed by atoms with van der Waals surface area (Å²) < 4.78 is 0. The zero-order valence-electron chi connectivity index (χ0n) is 16.1. The van der Waals surface area contributed by atoms with E-state index in [0.29, 0.717) is 11.8 Å². The molecule has 4 aliphatic carbocycles. The number of benzene rings is 6. The molecule has 0 aliphatic heterocycles. The smallest absolute Gasteiger partial charge is 0.0218 e. The van der Waals surface area contributed by atoms with Gasteiger partial charge in [0.05, 0.1) is 0 Å². The van der Waals surface area contributed by atoms with Crippen LogP contribution in [0.5, 0.6) is 0 Å². The Morgan fingerprint density at radius 1 is 0.500 bits per heavy atom. The summed E-state index contributed by atoms with van der Waals surface area (Å²) in [6, 6.07) is 23.6. The summed E-state index contributed by atoms with van der Waals surface area (Å²) in [5.41, 5.74) is 9.29. The molecular formula is C30H14. The molecule has 0 fully saturated rings. The first kappa shape index (κ1) is 13.6. The van der Waals surface area contributed by atoms with E-state index in [1.54, 1.807) is 27.6 Å². The molecular weight excluding hydrogens is 360 g/mol. The van der Waals surface area contributed by atoms with Crippen molar-refractivity contribution in [1.82, 2.24) is 0 Å². The summed E-state index contributed by atoms with van der Waals surface area (Å²) in [6.45, 7) is 0. The Morgan fingerprint density at radius 2 is 1.20 bits per heavy atom. The summed E-state index contributed by atoms with van der Waals surface area (Å²) in [5.74, 6) is 0.926. The van der Waals surface area contributed by atoms with E-state index in [4.69, 9.17) is 0 Å². The summed E-state index contributed by atoms with van der Waals surface area (Å²) in [6.07, 6.45) is 4.88. The van der Waals surface area contributed by atoms with Gasteiger partial charge in [0.25, 0.3) is 0 Å². The third kappa shape index (κ3) is 1.09. The molecule has 0 saturated carbocycles. The molecule has 0 spiro atoms. The Morgan fingerprint density at radius 3 is 2.10 bits per heavy atom. The number of fused-ring (bicyclic) bond motifs is 2. The fourth-order valence-corrected chi connectivity index (χ4v) is 7.66. The molecule has 6 aromatic rings. The molecule has 134 valence electrons. The molecule has 0 heteroatoms. The van der Waals surface area contributed by atoms with Gasteiger partial charge in [-0.2, -0.15) is 0 Å². The molecule has 0 saturated heterocycles. The first-order valence-electron chi connectivity index (χ1n) is 11.0. The Labute approximate surface area is 172 Å². The van der Waals surface area contributed by atoms with Crippen LogP contribution < -0.4 is 0 Å². The Balaban J connectivity index is 1.68. The van der Waals surface area contributed by atoms with Crippen LogP contribution in [0.4, 0.5) is 0 Å². The first-order chi connectivity index (χ1) is 14.9. The van der Waals surface area contributed by atoms with Gasteiger partial charge in [0.1, 0.15) is 0 Å². The largest absolute Gasteiger partial charge is 0.0754 e. The second-order valence-electron chi connectivity index (χ2n) is 9.59. The Bertz CT molecular complexity index is 1950. The van der Waals surface area contributed by atoms with Crippen molar-refractivity contribution in [2.75, 3.05) is 0 Å². The standard InChI is InChI=1S/C30H14/c1-2-14-6-10-18-20-12-8-16-4-3-15-7-11-19-17-9-5-13(1)21-22(14)26(18)29(25(17)21)30-27(19)23(15)24(16)28(20)30/h1-12,17,25H. The number of allylic oxidation sites excluding steroid dienone is 1. The van der Waals surface area contributed by atoms with Gasteiger partial charge in [0.15, 0.2) is 0 Å². The van der Waals surface area contributed by atoms with Gasteiger partial charge in [-0.3, -0.25) is 0 Å². The Hall–Kier alpha value is -3.64. The van der Waals surface area contributed by atoms with Crippen LogP contribution >= 0.6 is 0 Å². The number of hydrogen-bond acceptors (Lipinski definition) is 0. The van der Waals surface area contributed by atoms with Crippen molar-refractivity contribution in [2.45, 2.75) is 11.8 Å². The van der Waals surface area contributed by atoms with E-state index in [1.807, 2.05) is 0 Å². The van der Waals surface area contributed by atoms with E-state index < -0.39 is 0 Å². The minimum absolute atomic E-state index is 0.451. The van der Waals surface area contributed by atoms with Crippen LogP contribution in [-0.4, -0.2) is 0 Å². The van der Waals surface area contributed by atoms with Crippen LogP contribution in [0.15, 0.2) is 66.7 Å². The molecule has 6 aromatic carbocycles. The van der Waals surface area contributed by atoms with Crippen molar-refractivity contribution < 1.29 is 0 Å². The number of rotatable bonds is 0. The minimum Gasteiger partial charge on any atom is -0.0754 e. The van der Waals surface area contributed by atoms with Gasteiger partial charge >= 0.3 is 0 Å². The van der Waals surface area contributed by atoms with Crippen molar-refractivity contribution in [2.24, 2.45) is 0 Å². The van der Waals surface area contributed by atoms with Crippen molar-refractivity contribution in [1.29, 1.82) is 0 Å². The van der Waals surface area contributed by atoms with Crippen molar-refractivity contribution in [3.63, 3.8) is 0 Å². The Kier molecular flexibility index (Phi) is 1.75. The fraction of sp³-hybridized carbons (Fsp3) is 0.0667. The average Bonchev–Trinajstić information content (AvgIpc) is 3.34. The second kappa shape index (κ2) is 3.87. The predicted octanol–water partition coefficient (Wildman–Crippen LogP) is 8.00. The van der Waals surface area contributed by atoms with Gasteiger partial charge in [-0.15, -0.1) is 0 Å². The molecule has 0 heterocycles. The predicted molar refractivity (Wildman–Crippen MR) is 127 cm³/mol. The summed E-state index contributed by atoms with van der Waals surface area (Å²) in [5, 5.41) is 14.7. The lowest BCUT2D eigenvalue weighted by Crippen LogP contribution is -2.18. The van der Waals surface area contributed by atoms with Gasteiger partial charge in [-0.1, -0.05) is 72.8 Å². The highest BCUT2D eigenvalue weighted by atomic mass is 14.5. The molecule has 0 radical (unpaired) electrons. The topological polar surface area (TPSA) is 0 Å². The van der Waals surface area contributed by atoms with Gasteiger partial charge in [0, 0.05) is 11.8 Å². The van der Waals surface area contributed by atoms with Crippen LogP contribution in [0.25, 0.3) is 71.1 Å². The van der Waals surface area contributed by atoms with Crippen molar-refractivity contribution in [3.05, 3.63) is 89.0 Å². The second-order valence-corrected chi connectivity index (χ2v) is 9.59. The molecule has 0 nitrogen and oxygen atoms in total. The molecule has 10 rings (SSSR count). The van der Waals surface area contributed by atoms with Crippen LogP contribution in [0.3, 0.4) is 0 Å². The lowest BCUT2D eigenvalue weighted by molar-refractivity contribution is 0.719. The maximum Gasteiger partial charge on any atom is 0.0218 e. The molecule has 30 heavy (non-hydrogen) atoms.